The summed E-state index contributed by atoms with van der Waals surface area (Å²) in [6.45, 7) is 0.716. The van der Waals surface area contributed by atoms with Crippen molar-refractivity contribution in [1.29, 1.82) is 0 Å². The SMILES string of the molecule is CSC1(CNc2ccc(C(F)(F)F)nn2)CC1. The van der Waals surface area contributed by atoms with Crippen LogP contribution in [0.4, 0.5) is 19.0 Å². The van der Waals surface area contributed by atoms with Gasteiger partial charge in [-0.05, 0) is 31.2 Å². The monoisotopic (exact) mass is 263 g/mol. The molecule has 1 fully saturated rings. The average Bonchev–Trinajstić information content (AvgIpc) is 3.06. The maximum absolute atomic E-state index is 12.2. The highest BCUT2D eigenvalue weighted by Gasteiger charge is 2.41. The zero-order valence-corrected chi connectivity index (χ0v) is 10.0. The summed E-state index contributed by atoms with van der Waals surface area (Å²) in [6, 6.07) is 2.25. The molecule has 94 valence electrons. The van der Waals surface area contributed by atoms with Crippen molar-refractivity contribution in [1.82, 2.24) is 10.2 Å². The molecule has 2 rings (SSSR count). The Bertz CT molecular complexity index is 387. The Labute approximate surface area is 101 Å². The molecule has 0 radical (unpaired) electrons. The number of alkyl halides is 3. The van der Waals surface area contributed by atoms with Gasteiger partial charge in [0.25, 0.3) is 0 Å². The van der Waals surface area contributed by atoms with E-state index in [1.54, 1.807) is 11.8 Å². The van der Waals surface area contributed by atoms with Crippen LogP contribution in [-0.2, 0) is 6.18 Å². The van der Waals surface area contributed by atoms with Crippen LogP contribution in [0.3, 0.4) is 0 Å². The summed E-state index contributed by atoms with van der Waals surface area (Å²) in [5, 5.41) is 9.69. The predicted octanol–water partition coefficient (Wildman–Crippen LogP) is 2.80. The molecular formula is C10H12F3N3S. The third kappa shape index (κ3) is 3.02. The van der Waals surface area contributed by atoms with Gasteiger partial charge in [0.1, 0.15) is 5.82 Å². The van der Waals surface area contributed by atoms with Crippen LogP contribution >= 0.6 is 11.8 Å². The van der Waals surface area contributed by atoms with Gasteiger partial charge < -0.3 is 5.32 Å². The molecule has 7 heteroatoms. The van der Waals surface area contributed by atoms with Crippen LogP contribution in [0.25, 0.3) is 0 Å². The molecule has 1 aromatic heterocycles. The summed E-state index contributed by atoms with van der Waals surface area (Å²) in [6.07, 6.45) is -0.125. The van der Waals surface area contributed by atoms with Gasteiger partial charge in [-0.3, -0.25) is 0 Å². The van der Waals surface area contributed by atoms with Crippen LogP contribution < -0.4 is 5.32 Å². The molecule has 17 heavy (non-hydrogen) atoms. The lowest BCUT2D eigenvalue weighted by atomic mass is 10.3. The summed E-state index contributed by atoms with van der Waals surface area (Å²) in [4.78, 5) is 0. The van der Waals surface area contributed by atoms with Crippen molar-refractivity contribution >= 4 is 17.6 Å². The summed E-state index contributed by atoms with van der Waals surface area (Å²) in [5.41, 5.74) is -0.964. The number of nitrogens with zero attached hydrogens (tertiary/aromatic N) is 2. The van der Waals surface area contributed by atoms with Crippen molar-refractivity contribution in [3.05, 3.63) is 17.8 Å². The lowest BCUT2D eigenvalue weighted by Gasteiger charge is -2.13. The second-order valence-electron chi connectivity index (χ2n) is 4.04. The van der Waals surface area contributed by atoms with Crippen LogP contribution in [0.1, 0.15) is 18.5 Å². The molecule has 1 saturated carbocycles. The fourth-order valence-electron chi connectivity index (χ4n) is 1.42. The van der Waals surface area contributed by atoms with Crippen molar-refractivity contribution in [2.75, 3.05) is 18.1 Å². The number of hydrogen-bond donors (Lipinski definition) is 1. The molecule has 0 unspecified atom stereocenters. The van der Waals surface area contributed by atoms with E-state index in [1.807, 2.05) is 6.26 Å². The fraction of sp³-hybridized carbons (Fsp3) is 0.600. The van der Waals surface area contributed by atoms with E-state index >= 15 is 0 Å². The first-order valence-electron chi connectivity index (χ1n) is 5.15. The second kappa shape index (κ2) is 4.36. The highest BCUT2D eigenvalue weighted by atomic mass is 32.2. The van der Waals surface area contributed by atoms with Gasteiger partial charge in [-0.2, -0.15) is 24.9 Å². The van der Waals surface area contributed by atoms with E-state index in [2.05, 4.69) is 15.5 Å². The van der Waals surface area contributed by atoms with Crippen molar-refractivity contribution in [3.63, 3.8) is 0 Å². The van der Waals surface area contributed by atoms with Gasteiger partial charge in [0, 0.05) is 11.3 Å². The Morgan fingerprint density at radius 1 is 1.35 bits per heavy atom. The first-order chi connectivity index (χ1) is 7.95. The molecule has 1 N–H and O–H groups in total. The minimum Gasteiger partial charge on any atom is -0.367 e. The number of anilines is 1. The second-order valence-corrected chi connectivity index (χ2v) is 5.32. The maximum Gasteiger partial charge on any atom is 0.435 e. The van der Waals surface area contributed by atoms with E-state index in [9.17, 15) is 13.2 Å². The zero-order chi connectivity index (χ0) is 12.5. The Morgan fingerprint density at radius 2 is 2.06 bits per heavy atom. The topological polar surface area (TPSA) is 37.8 Å². The number of rotatable bonds is 4. The Kier molecular flexibility index (Phi) is 3.20. The van der Waals surface area contributed by atoms with E-state index in [4.69, 9.17) is 0 Å². The van der Waals surface area contributed by atoms with Gasteiger partial charge >= 0.3 is 6.18 Å². The van der Waals surface area contributed by atoms with Crippen LogP contribution in [-0.4, -0.2) is 27.7 Å². The van der Waals surface area contributed by atoms with Gasteiger partial charge in [-0.25, -0.2) is 0 Å². The number of aromatic nitrogens is 2. The van der Waals surface area contributed by atoms with Crippen LogP contribution in [0.2, 0.25) is 0 Å². The molecule has 3 nitrogen and oxygen atoms in total. The van der Waals surface area contributed by atoms with Crippen molar-refractivity contribution in [2.24, 2.45) is 0 Å². The molecule has 0 aliphatic heterocycles. The minimum absolute atomic E-state index is 0.240. The van der Waals surface area contributed by atoms with Crippen molar-refractivity contribution in [3.8, 4) is 0 Å². The summed E-state index contributed by atoms with van der Waals surface area (Å²) in [5.74, 6) is 0.387. The predicted molar refractivity (Wildman–Crippen MR) is 61.0 cm³/mol. The molecule has 0 amide bonds. The van der Waals surface area contributed by atoms with Gasteiger partial charge in [0.15, 0.2) is 5.69 Å². The highest BCUT2D eigenvalue weighted by molar-refractivity contribution is 8.00. The smallest absolute Gasteiger partial charge is 0.367 e. The molecule has 1 aliphatic carbocycles. The van der Waals surface area contributed by atoms with Gasteiger partial charge in [-0.15, -0.1) is 10.2 Å². The van der Waals surface area contributed by atoms with Gasteiger partial charge in [-0.1, -0.05) is 0 Å². The molecule has 1 aliphatic rings. The van der Waals surface area contributed by atoms with Crippen LogP contribution in [0.15, 0.2) is 12.1 Å². The lowest BCUT2D eigenvalue weighted by molar-refractivity contribution is -0.141. The molecule has 0 saturated heterocycles. The Morgan fingerprint density at radius 3 is 2.47 bits per heavy atom. The molecule has 0 bridgehead atoms. The van der Waals surface area contributed by atoms with Gasteiger partial charge in [0.05, 0.1) is 0 Å². The molecule has 1 aromatic rings. The molecule has 0 aromatic carbocycles. The first kappa shape index (κ1) is 12.5. The van der Waals surface area contributed by atoms with Crippen molar-refractivity contribution < 1.29 is 13.2 Å². The highest BCUT2D eigenvalue weighted by Crippen LogP contribution is 2.46. The first-order valence-corrected chi connectivity index (χ1v) is 6.38. The Balaban J connectivity index is 1.94. The average molecular weight is 263 g/mol. The van der Waals surface area contributed by atoms with E-state index < -0.39 is 11.9 Å². The van der Waals surface area contributed by atoms with E-state index in [-0.39, 0.29) is 4.75 Å². The molecule has 1 heterocycles. The third-order valence-corrected chi connectivity index (χ3v) is 4.21. The summed E-state index contributed by atoms with van der Waals surface area (Å²) < 4.78 is 36.9. The van der Waals surface area contributed by atoms with E-state index in [0.29, 0.717) is 12.4 Å². The Hall–Kier alpha value is -0.980. The molecular weight excluding hydrogens is 251 g/mol. The maximum atomic E-state index is 12.2. The normalized spacial score (nSPS) is 17.9. The number of nitrogens with one attached hydrogen (secondary N) is 1. The van der Waals surface area contributed by atoms with E-state index in [1.165, 1.54) is 6.07 Å². The molecule has 0 spiro atoms. The number of hydrogen-bond acceptors (Lipinski definition) is 4. The van der Waals surface area contributed by atoms with Crippen LogP contribution in [0, 0.1) is 0 Å². The summed E-state index contributed by atoms with van der Waals surface area (Å²) in [7, 11) is 0. The van der Waals surface area contributed by atoms with Crippen molar-refractivity contribution in [2.45, 2.75) is 23.8 Å². The van der Waals surface area contributed by atoms with Gasteiger partial charge in [0.2, 0.25) is 0 Å². The third-order valence-electron chi connectivity index (χ3n) is 2.79. The largest absolute Gasteiger partial charge is 0.435 e. The zero-order valence-electron chi connectivity index (χ0n) is 9.21. The standard InChI is InChI=1S/C10H12F3N3S/c1-17-9(4-5-9)6-14-8-3-2-7(15-16-8)10(11,12)13/h2-3H,4-6H2,1H3,(H,14,16). The quantitative estimate of drug-likeness (QED) is 0.906. The van der Waals surface area contributed by atoms with Crippen LogP contribution in [0.5, 0.6) is 0 Å². The number of thioether (sulfide) groups is 1. The summed E-state index contributed by atoms with van der Waals surface area (Å²) >= 11 is 1.77. The van der Waals surface area contributed by atoms with E-state index in [0.717, 1.165) is 18.9 Å². The lowest BCUT2D eigenvalue weighted by Crippen LogP contribution is -2.18. The minimum atomic E-state index is -4.43. The molecule has 0 atom stereocenters. The fourth-order valence-corrected chi connectivity index (χ4v) is 2.15. The number of halogens is 3.